The Morgan fingerprint density at radius 1 is 1.35 bits per heavy atom. The summed E-state index contributed by atoms with van der Waals surface area (Å²) in [5.41, 5.74) is 0.790. The van der Waals surface area contributed by atoms with Crippen molar-refractivity contribution in [3.05, 3.63) is 45.5 Å². The van der Waals surface area contributed by atoms with E-state index in [-0.39, 0.29) is 18.0 Å². The largest absolute Gasteiger partial charge is 0.292 e. The van der Waals surface area contributed by atoms with E-state index >= 15 is 0 Å². The molecule has 6 heteroatoms. The van der Waals surface area contributed by atoms with Crippen molar-refractivity contribution in [2.45, 2.75) is 6.42 Å². The van der Waals surface area contributed by atoms with E-state index in [1.165, 1.54) is 24.3 Å². The van der Waals surface area contributed by atoms with Crippen molar-refractivity contribution >= 4 is 23.6 Å². The van der Waals surface area contributed by atoms with Crippen LogP contribution in [0.5, 0.6) is 0 Å². The second-order valence-corrected chi connectivity index (χ2v) is 3.58. The van der Waals surface area contributed by atoms with E-state index in [0.717, 1.165) is 0 Å². The molecule has 0 bridgehead atoms. The summed E-state index contributed by atoms with van der Waals surface area (Å²) in [6, 6.07) is 5.88. The summed E-state index contributed by atoms with van der Waals surface area (Å²) >= 11 is 0. The van der Waals surface area contributed by atoms with Crippen molar-refractivity contribution in [2.75, 3.05) is 0 Å². The molecule has 1 heterocycles. The van der Waals surface area contributed by atoms with Crippen LogP contribution < -0.4 is 5.32 Å². The van der Waals surface area contributed by atoms with Gasteiger partial charge in [-0.25, -0.2) is 0 Å². The second kappa shape index (κ2) is 4.17. The number of carbonyl (C=O) groups is 2. The summed E-state index contributed by atoms with van der Waals surface area (Å²) in [5, 5.41) is 12.7. The lowest BCUT2D eigenvalue weighted by molar-refractivity contribution is -0.384. The zero-order chi connectivity index (χ0) is 12.4. The molecule has 1 aliphatic rings. The Balaban J connectivity index is 2.33. The fourth-order valence-electron chi connectivity index (χ4n) is 1.55. The minimum Gasteiger partial charge on any atom is -0.292 e. The van der Waals surface area contributed by atoms with Gasteiger partial charge in [0, 0.05) is 17.7 Å². The number of nitro groups is 1. The predicted octanol–water partition coefficient (Wildman–Crippen LogP) is 1.02. The standard InChI is InChI=1S/C11H8N2O4/c14-10-6-8(11(15)12-10)4-7-2-1-3-9(5-7)13(16)17/h1-5H,6H2,(H,12,14,15)/b8-4+. The Morgan fingerprint density at radius 3 is 2.71 bits per heavy atom. The van der Waals surface area contributed by atoms with Crippen molar-refractivity contribution < 1.29 is 14.5 Å². The smallest absolute Gasteiger partial charge is 0.270 e. The molecular formula is C11H8N2O4. The molecule has 0 aromatic heterocycles. The summed E-state index contributed by atoms with van der Waals surface area (Å²) in [6.07, 6.45) is 1.49. The van der Waals surface area contributed by atoms with Gasteiger partial charge in [0.1, 0.15) is 0 Å². The number of benzene rings is 1. The molecule has 0 saturated carbocycles. The Hall–Kier alpha value is -2.50. The molecule has 1 N–H and O–H groups in total. The van der Waals surface area contributed by atoms with E-state index in [1.54, 1.807) is 6.07 Å². The van der Waals surface area contributed by atoms with Gasteiger partial charge in [0.15, 0.2) is 0 Å². The highest BCUT2D eigenvalue weighted by atomic mass is 16.6. The van der Waals surface area contributed by atoms with E-state index in [0.29, 0.717) is 11.1 Å². The molecule has 6 nitrogen and oxygen atoms in total. The first-order valence-electron chi connectivity index (χ1n) is 4.85. The molecule has 1 aromatic carbocycles. The lowest BCUT2D eigenvalue weighted by atomic mass is 10.1. The molecule has 0 unspecified atom stereocenters. The minimum absolute atomic E-state index is 0.0154. The summed E-state index contributed by atoms with van der Waals surface area (Å²) in [6.45, 7) is 0. The molecule has 17 heavy (non-hydrogen) atoms. The van der Waals surface area contributed by atoms with E-state index in [9.17, 15) is 19.7 Å². The molecule has 0 radical (unpaired) electrons. The van der Waals surface area contributed by atoms with Gasteiger partial charge in [0.2, 0.25) is 5.91 Å². The zero-order valence-electron chi connectivity index (χ0n) is 8.67. The van der Waals surface area contributed by atoms with Crippen LogP contribution in [-0.4, -0.2) is 16.7 Å². The third-order valence-electron chi connectivity index (χ3n) is 2.32. The first kappa shape index (κ1) is 11.0. The number of imide groups is 1. The molecular weight excluding hydrogens is 224 g/mol. The van der Waals surface area contributed by atoms with Crippen molar-refractivity contribution in [3.8, 4) is 0 Å². The summed E-state index contributed by atoms with van der Waals surface area (Å²) in [4.78, 5) is 32.3. The molecule has 2 amide bonds. The Labute approximate surface area is 96.1 Å². The Bertz CT molecular complexity index is 548. The van der Waals surface area contributed by atoms with Crippen LogP contribution in [0.4, 0.5) is 5.69 Å². The number of carbonyl (C=O) groups excluding carboxylic acids is 2. The van der Waals surface area contributed by atoms with Gasteiger partial charge >= 0.3 is 0 Å². The van der Waals surface area contributed by atoms with Gasteiger partial charge < -0.3 is 0 Å². The molecule has 1 aromatic rings. The third kappa shape index (κ3) is 2.36. The van der Waals surface area contributed by atoms with Gasteiger partial charge in [-0.15, -0.1) is 0 Å². The first-order chi connectivity index (χ1) is 8.06. The molecule has 86 valence electrons. The fourth-order valence-corrected chi connectivity index (χ4v) is 1.55. The number of hydrogen-bond acceptors (Lipinski definition) is 4. The highest BCUT2D eigenvalue weighted by Gasteiger charge is 2.23. The van der Waals surface area contributed by atoms with E-state index in [4.69, 9.17) is 0 Å². The van der Waals surface area contributed by atoms with Crippen LogP contribution in [0.15, 0.2) is 29.8 Å². The van der Waals surface area contributed by atoms with Crippen molar-refractivity contribution in [1.82, 2.24) is 5.32 Å². The number of nitrogens with zero attached hydrogens (tertiary/aromatic N) is 1. The average molecular weight is 232 g/mol. The normalized spacial score (nSPS) is 17.3. The average Bonchev–Trinajstić information content (AvgIpc) is 2.58. The number of nitro benzene ring substituents is 1. The van der Waals surface area contributed by atoms with E-state index < -0.39 is 10.8 Å². The van der Waals surface area contributed by atoms with Gasteiger partial charge in [-0.3, -0.25) is 25.0 Å². The zero-order valence-corrected chi connectivity index (χ0v) is 8.67. The number of hydrogen-bond donors (Lipinski definition) is 1. The van der Waals surface area contributed by atoms with Gasteiger partial charge in [-0.2, -0.15) is 0 Å². The number of non-ortho nitro benzene ring substituents is 1. The maximum atomic E-state index is 11.3. The number of amides is 2. The number of nitrogens with one attached hydrogen (secondary N) is 1. The van der Waals surface area contributed by atoms with Crippen molar-refractivity contribution in [3.63, 3.8) is 0 Å². The van der Waals surface area contributed by atoms with Gasteiger partial charge in [0.05, 0.1) is 11.3 Å². The molecule has 1 saturated heterocycles. The van der Waals surface area contributed by atoms with Crippen LogP contribution >= 0.6 is 0 Å². The van der Waals surface area contributed by atoms with Crippen LogP contribution in [0.3, 0.4) is 0 Å². The van der Waals surface area contributed by atoms with E-state index in [1.807, 2.05) is 0 Å². The maximum Gasteiger partial charge on any atom is 0.270 e. The summed E-state index contributed by atoms with van der Waals surface area (Å²) < 4.78 is 0. The maximum absolute atomic E-state index is 11.3. The van der Waals surface area contributed by atoms with Crippen LogP contribution in [0, 0.1) is 10.1 Å². The van der Waals surface area contributed by atoms with E-state index in [2.05, 4.69) is 5.32 Å². The second-order valence-electron chi connectivity index (χ2n) is 3.58. The number of rotatable bonds is 2. The molecule has 2 rings (SSSR count). The monoisotopic (exact) mass is 232 g/mol. The van der Waals surface area contributed by atoms with Crippen LogP contribution in [0.2, 0.25) is 0 Å². The lowest BCUT2D eigenvalue weighted by Crippen LogP contribution is -2.19. The quantitative estimate of drug-likeness (QED) is 0.357. The highest BCUT2D eigenvalue weighted by molar-refractivity contribution is 6.15. The van der Waals surface area contributed by atoms with Crippen LogP contribution in [0.1, 0.15) is 12.0 Å². The SMILES string of the molecule is O=C1C/C(=C\c2cccc([N+](=O)[O-])c2)C(=O)N1. The fraction of sp³-hybridized carbons (Fsp3) is 0.0909. The van der Waals surface area contributed by atoms with Crippen molar-refractivity contribution in [2.24, 2.45) is 0 Å². The first-order valence-corrected chi connectivity index (χ1v) is 4.85. The topological polar surface area (TPSA) is 89.3 Å². The highest BCUT2D eigenvalue weighted by Crippen LogP contribution is 2.18. The van der Waals surface area contributed by atoms with Crippen LogP contribution in [-0.2, 0) is 9.59 Å². The Kier molecular flexibility index (Phi) is 2.70. The summed E-state index contributed by atoms with van der Waals surface area (Å²) in [5.74, 6) is -0.798. The minimum atomic E-state index is -0.512. The predicted molar refractivity (Wildman–Crippen MR) is 58.8 cm³/mol. The van der Waals surface area contributed by atoms with Crippen molar-refractivity contribution in [1.29, 1.82) is 0 Å². The molecule has 0 spiro atoms. The molecule has 0 atom stereocenters. The summed E-state index contributed by atoms with van der Waals surface area (Å²) in [7, 11) is 0. The lowest BCUT2D eigenvalue weighted by Gasteiger charge is -1.95. The third-order valence-corrected chi connectivity index (χ3v) is 2.32. The Morgan fingerprint density at radius 2 is 2.12 bits per heavy atom. The van der Waals surface area contributed by atoms with Gasteiger partial charge in [-0.1, -0.05) is 12.1 Å². The molecule has 0 aliphatic carbocycles. The van der Waals surface area contributed by atoms with Gasteiger partial charge in [0.25, 0.3) is 11.6 Å². The molecule has 1 fully saturated rings. The molecule has 1 aliphatic heterocycles. The van der Waals surface area contributed by atoms with Crippen LogP contribution in [0.25, 0.3) is 6.08 Å². The van der Waals surface area contributed by atoms with Gasteiger partial charge in [-0.05, 0) is 11.6 Å².